The molecule has 0 bridgehead atoms. The third kappa shape index (κ3) is 6.28. The predicted octanol–water partition coefficient (Wildman–Crippen LogP) is 5.28. The van der Waals surface area contributed by atoms with E-state index in [0.717, 1.165) is 12.1 Å². The Labute approximate surface area is 251 Å². The summed E-state index contributed by atoms with van der Waals surface area (Å²) in [4.78, 5) is 12.6. The van der Waals surface area contributed by atoms with Gasteiger partial charge in [-0.05, 0) is 78.4 Å². The van der Waals surface area contributed by atoms with Gasteiger partial charge in [0.2, 0.25) is 0 Å². The Morgan fingerprint density at radius 1 is 0.644 bits per heavy atom. The second-order valence-electron chi connectivity index (χ2n) is 12.7. The third-order valence-electron chi connectivity index (χ3n) is 8.34. The van der Waals surface area contributed by atoms with Crippen LogP contribution in [0.3, 0.4) is 0 Å². The molecule has 0 spiro atoms. The molecule has 0 aliphatic carbocycles. The van der Waals surface area contributed by atoms with Crippen LogP contribution in [0.15, 0.2) is 18.2 Å². The van der Waals surface area contributed by atoms with Crippen LogP contribution in [-0.4, -0.2) is 79.8 Å². The average Bonchev–Trinajstić information content (AvgIpc) is 3.20. The van der Waals surface area contributed by atoms with Crippen molar-refractivity contribution in [1.29, 1.82) is 0 Å². The first kappa shape index (κ1) is 37.3. The Morgan fingerprint density at radius 3 is 1.27 bits per heavy atom. The van der Waals surface area contributed by atoms with Gasteiger partial charge in [0.15, 0.2) is 0 Å². The van der Waals surface area contributed by atoms with Crippen LogP contribution in [0.2, 0.25) is 0 Å². The summed E-state index contributed by atoms with van der Waals surface area (Å²) in [5, 5.41) is 0. The van der Waals surface area contributed by atoms with Gasteiger partial charge in [0, 0.05) is 12.7 Å². The van der Waals surface area contributed by atoms with Crippen molar-refractivity contribution >= 4 is 36.8 Å². The van der Waals surface area contributed by atoms with Crippen molar-refractivity contribution in [1.82, 2.24) is 0 Å². The van der Waals surface area contributed by atoms with Gasteiger partial charge < -0.3 is 23.5 Å². The zero-order chi connectivity index (χ0) is 35.2. The topological polar surface area (TPSA) is 66.5 Å². The van der Waals surface area contributed by atoms with E-state index in [1.807, 2.05) is 0 Å². The van der Waals surface area contributed by atoms with E-state index in [-0.39, 0.29) is 15.8 Å². The van der Waals surface area contributed by atoms with Gasteiger partial charge in [-0.1, -0.05) is 6.07 Å². The van der Waals surface area contributed by atoms with Crippen LogP contribution in [0.5, 0.6) is 0 Å². The highest BCUT2D eigenvalue weighted by molar-refractivity contribution is 6.66. The van der Waals surface area contributed by atoms with Crippen LogP contribution < -0.4 is 15.8 Å². The van der Waals surface area contributed by atoms with E-state index in [0.29, 0.717) is 7.05 Å². The van der Waals surface area contributed by atoms with E-state index >= 15 is 4.39 Å². The molecule has 1 amide bonds. The number of amides is 1. The fraction of sp³-hybridized carbons (Fsp3) is 0.720. The van der Waals surface area contributed by atoms with Gasteiger partial charge in [0.05, 0.1) is 22.4 Å². The lowest BCUT2D eigenvalue weighted by atomic mass is 9.71. The van der Waals surface area contributed by atoms with Crippen LogP contribution in [0.4, 0.5) is 54.0 Å². The summed E-state index contributed by atoms with van der Waals surface area (Å²) >= 11 is 0. The molecular formula is C25H30B2F11NO6. The number of carbonyl (C=O) groups excluding carboxylic acids is 1. The van der Waals surface area contributed by atoms with Gasteiger partial charge in [0.25, 0.3) is 0 Å². The van der Waals surface area contributed by atoms with Crippen molar-refractivity contribution < 1.29 is 76.4 Å². The molecule has 1 aromatic rings. The van der Waals surface area contributed by atoms with E-state index in [4.69, 9.17) is 18.6 Å². The summed E-state index contributed by atoms with van der Waals surface area (Å²) < 4.78 is 175. The van der Waals surface area contributed by atoms with E-state index in [2.05, 4.69) is 4.74 Å². The van der Waals surface area contributed by atoms with Gasteiger partial charge in [-0.2, -0.15) is 48.3 Å². The molecule has 2 aliphatic heterocycles. The van der Waals surface area contributed by atoms with Gasteiger partial charge in [0.1, 0.15) is 0 Å². The number of hydrogen-bond acceptors (Lipinski definition) is 6. The standard InChI is InChI=1S/C25H30B2F11NO6/c1-17(2)18(3,4)43-26(42-17)13-10-14(27-44-19(5,6)20(7,8)45-27)12-15(11-13)39(9)16(40)21(28,23(31,32)33)41-25(37,38)22(29,30)24(34,35)36/h10-12H,1-9H3. The average molecular weight is 671 g/mol. The summed E-state index contributed by atoms with van der Waals surface area (Å²) in [6.07, 6.45) is -21.3. The SMILES string of the molecule is CN(C(=O)C(F)(OC(F)(F)C(F)(F)C(F)(F)F)C(F)(F)F)c1cc(B2OC(C)(C)C(C)(C)O2)cc(B2OC(C)(C)C(C)(C)O2)c1. The van der Waals surface area contributed by atoms with Gasteiger partial charge >= 0.3 is 50.4 Å². The molecule has 2 fully saturated rings. The Balaban J connectivity index is 2.15. The van der Waals surface area contributed by atoms with Crippen molar-refractivity contribution in [2.24, 2.45) is 0 Å². The molecule has 0 N–H and O–H groups in total. The van der Waals surface area contributed by atoms with Gasteiger partial charge in [-0.3, -0.25) is 9.53 Å². The zero-order valence-corrected chi connectivity index (χ0v) is 25.4. The number of benzene rings is 1. The summed E-state index contributed by atoms with van der Waals surface area (Å²) in [7, 11) is -2.16. The van der Waals surface area contributed by atoms with E-state index in [1.165, 1.54) is 6.07 Å². The molecular weight excluding hydrogens is 641 g/mol. The van der Waals surface area contributed by atoms with Gasteiger partial charge in [-0.15, -0.1) is 0 Å². The molecule has 1 unspecified atom stereocenters. The lowest BCUT2D eigenvalue weighted by Gasteiger charge is -2.36. The predicted molar refractivity (Wildman–Crippen MR) is 138 cm³/mol. The first-order valence-electron chi connectivity index (χ1n) is 13.2. The normalized spacial score (nSPS) is 22.8. The van der Waals surface area contributed by atoms with Crippen molar-refractivity contribution in [3.63, 3.8) is 0 Å². The second kappa shape index (κ2) is 10.7. The summed E-state index contributed by atoms with van der Waals surface area (Å²) in [6, 6.07) is 3.20. The lowest BCUT2D eigenvalue weighted by molar-refractivity contribution is -0.472. The van der Waals surface area contributed by atoms with E-state index in [9.17, 15) is 48.7 Å². The van der Waals surface area contributed by atoms with E-state index < -0.39 is 78.5 Å². The molecule has 2 aliphatic rings. The van der Waals surface area contributed by atoms with Crippen LogP contribution in [0.1, 0.15) is 55.4 Å². The lowest BCUT2D eigenvalue weighted by Crippen LogP contribution is -2.63. The molecule has 254 valence electrons. The summed E-state index contributed by atoms with van der Waals surface area (Å²) in [6.45, 7) is 13.2. The van der Waals surface area contributed by atoms with Crippen LogP contribution in [0, 0.1) is 0 Å². The number of alkyl halides is 11. The molecule has 0 radical (unpaired) electrons. The molecule has 1 atom stereocenters. The monoisotopic (exact) mass is 671 g/mol. The Kier molecular flexibility index (Phi) is 8.86. The number of halogens is 11. The first-order valence-corrected chi connectivity index (χ1v) is 13.2. The molecule has 3 rings (SSSR count). The molecule has 2 saturated heterocycles. The number of nitrogens with zero attached hydrogens (tertiary/aromatic N) is 1. The first-order chi connectivity index (χ1) is 19.7. The summed E-state index contributed by atoms with van der Waals surface area (Å²) in [5.74, 6) is -16.8. The number of anilines is 1. The second-order valence-corrected chi connectivity index (χ2v) is 12.7. The largest absolute Gasteiger partial charge is 0.494 e. The minimum absolute atomic E-state index is 0.0261. The smallest absolute Gasteiger partial charge is 0.399 e. The minimum atomic E-state index is -7.33. The molecule has 7 nitrogen and oxygen atoms in total. The third-order valence-corrected chi connectivity index (χ3v) is 8.34. The number of ether oxygens (including phenoxy) is 1. The molecule has 0 saturated carbocycles. The van der Waals surface area contributed by atoms with Crippen LogP contribution >= 0.6 is 0 Å². The maximum absolute atomic E-state index is 15.2. The van der Waals surface area contributed by atoms with Crippen molar-refractivity contribution in [3.8, 4) is 0 Å². The van der Waals surface area contributed by atoms with Crippen molar-refractivity contribution in [3.05, 3.63) is 18.2 Å². The molecule has 1 aromatic carbocycles. The molecule has 2 heterocycles. The number of rotatable bonds is 7. The van der Waals surface area contributed by atoms with Crippen molar-refractivity contribution in [2.75, 3.05) is 11.9 Å². The molecule has 20 heteroatoms. The van der Waals surface area contributed by atoms with Crippen molar-refractivity contribution in [2.45, 2.75) is 108 Å². The number of carbonyl (C=O) groups is 1. The minimum Gasteiger partial charge on any atom is -0.399 e. The van der Waals surface area contributed by atoms with Gasteiger partial charge in [-0.25, -0.2) is 0 Å². The zero-order valence-electron chi connectivity index (χ0n) is 25.4. The Bertz CT molecular complexity index is 1230. The number of likely N-dealkylation sites (N-methyl/N-ethyl adjacent to an activating group) is 1. The van der Waals surface area contributed by atoms with E-state index in [1.54, 1.807) is 55.4 Å². The molecule has 45 heavy (non-hydrogen) atoms. The highest BCUT2D eigenvalue weighted by atomic mass is 19.4. The highest BCUT2D eigenvalue weighted by Gasteiger charge is 2.80. The van der Waals surface area contributed by atoms with Crippen LogP contribution in [0.25, 0.3) is 0 Å². The number of hydrogen-bond donors (Lipinski definition) is 0. The highest BCUT2D eigenvalue weighted by Crippen LogP contribution is 2.51. The fourth-order valence-electron chi connectivity index (χ4n) is 4.04. The Hall–Kier alpha value is -2.15. The molecule has 0 aromatic heterocycles. The fourth-order valence-corrected chi connectivity index (χ4v) is 4.04. The summed E-state index contributed by atoms with van der Waals surface area (Å²) in [5.41, 5.74) is -4.68. The Morgan fingerprint density at radius 2 is 0.978 bits per heavy atom. The maximum Gasteiger partial charge on any atom is 0.494 e. The van der Waals surface area contributed by atoms with Crippen LogP contribution in [-0.2, 0) is 28.1 Å². The quantitative estimate of drug-likeness (QED) is 0.291. The maximum atomic E-state index is 15.2.